The molecule has 0 atom stereocenters. The van der Waals surface area contributed by atoms with E-state index in [9.17, 15) is 4.79 Å². The molecular formula is C28H33NO5. The third kappa shape index (κ3) is 6.22. The zero-order valence-corrected chi connectivity index (χ0v) is 20.7. The van der Waals surface area contributed by atoms with Crippen LogP contribution >= 0.6 is 0 Å². The number of rotatable bonds is 9. The average Bonchev–Trinajstić information content (AvgIpc) is 2.83. The fourth-order valence-electron chi connectivity index (χ4n) is 3.45. The van der Waals surface area contributed by atoms with Crippen molar-refractivity contribution in [2.24, 2.45) is 0 Å². The molecule has 0 heterocycles. The van der Waals surface area contributed by atoms with Gasteiger partial charge in [-0.2, -0.15) is 0 Å². The Morgan fingerprint density at radius 2 is 1.50 bits per heavy atom. The summed E-state index contributed by atoms with van der Waals surface area (Å²) in [5.74, 6) is 2.33. The molecule has 0 aliphatic heterocycles. The highest BCUT2D eigenvalue weighted by Crippen LogP contribution is 2.30. The van der Waals surface area contributed by atoms with Crippen LogP contribution in [-0.2, 0) is 12.0 Å². The lowest BCUT2D eigenvalue weighted by Gasteiger charge is -2.19. The number of nitrogens with one attached hydrogen (secondary N) is 1. The third-order valence-corrected chi connectivity index (χ3v) is 5.39. The number of amides is 1. The minimum absolute atomic E-state index is 0.0772. The quantitative estimate of drug-likeness (QED) is 0.407. The number of ether oxygens (including phenoxy) is 4. The molecule has 1 N–H and O–H groups in total. The van der Waals surface area contributed by atoms with E-state index in [1.165, 1.54) is 5.56 Å². The molecular weight excluding hydrogens is 430 g/mol. The SMILES string of the molecule is CCOc1ccc(C(=O)Nc2cc(OC)ccc2OC)cc1COc1ccc(C(C)(C)C)cc1. The summed E-state index contributed by atoms with van der Waals surface area (Å²) in [6.07, 6.45) is 0. The van der Waals surface area contributed by atoms with Crippen LogP contribution in [0.3, 0.4) is 0 Å². The van der Waals surface area contributed by atoms with Crippen LogP contribution in [0.15, 0.2) is 60.7 Å². The first-order valence-electron chi connectivity index (χ1n) is 11.3. The third-order valence-electron chi connectivity index (χ3n) is 5.39. The second-order valence-electron chi connectivity index (χ2n) is 8.84. The molecule has 180 valence electrons. The summed E-state index contributed by atoms with van der Waals surface area (Å²) in [6, 6.07) is 18.6. The van der Waals surface area contributed by atoms with Crippen molar-refractivity contribution < 1.29 is 23.7 Å². The molecule has 6 nitrogen and oxygen atoms in total. The zero-order valence-electron chi connectivity index (χ0n) is 20.7. The maximum atomic E-state index is 13.0. The van der Waals surface area contributed by atoms with Crippen molar-refractivity contribution >= 4 is 11.6 Å². The van der Waals surface area contributed by atoms with Crippen molar-refractivity contribution in [3.05, 3.63) is 77.4 Å². The lowest BCUT2D eigenvalue weighted by Crippen LogP contribution is -2.14. The molecule has 0 fully saturated rings. The van der Waals surface area contributed by atoms with Crippen LogP contribution in [-0.4, -0.2) is 26.7 Å². The van der Waals surface area contributed by atoms with Crippen LogP contribution in [0.5, 0.6) is 23.0 Å². The van der Waals surface area contributed by atoms with E-state index in [0.717, 1.165) is 11.3 Å². The number of carbonyl (C=O) groups is 1. The largest absolute Gasteiger partial charge is 0.497 e. The molecule has 0 saturated heterocycles. The van der Waals surface area contributed by atoms with Gasteiger partial charge in [-0.25, -0.2) is 0 Å². The van der Waals surface area contributed by atoms with Crippen molar-refractivity contribution in [3.63, 3.8) is 0 Å². The van der Waals surface area contributed by atoms with Crippen LogP contribution in [0, 0.1) is 0 Å². The maximum absolute atomic E-state index is 13.0. The van der Waals surface area contributed by atoms with Gasteiger partial charge in [0.15, 0.2) is 0 Å². The highest BCUT2D eigenvalue weighted by molar-refractivity contribution is 6.05. The predicted molar refractivity (Wildman–Crippen MR) is 135 cm³/mol. The first kappa shape index (κ1) is 25.0. The molecule has 1 amide bonds. The standard InChI is InChI=1S/C28H33NO5/c1-7-33-25-14-8-19(27(30)29-24-17-23(31-5)13-15-26(24)32-6)16-20(25)18-34-22-11-9-21(10-12-22)28(2,3)4/h8-17H,7,18H2,1-6H3,(H,29,30). The van der Waals surface area contributed by atoms with E-state index in [2.05, 4.69) is 38.2 Å². The van der Waals surface area contributed by atoms with Gasteiger partial charge in [0.1, 0.15) is 29.6 Å². The average molecular weight is 464 g/mol. The summed E-state index contributed by atoms with van der Waals surface area (Å²) < 4.78 is 22.4. The van der Waals surface area contributed by atoms with E-state index < -0.39 is 0 Å². The fourth-order valence-corrected chi connectivity index (χ4v) is 3.45. The van der Waals surface area contributed by atoms with E-state index >= 15 is 0 Å². The summed E-state index contributed by atoms with van der Waals surface area (Å²) in [7, 11) is 3.13. The van der Waals surface area contributed by atoms with Crippen LogP contribution in [0.1, 0.15) is 49.2 Å². The van der Waals surface area contributed by atoms with Crippen LogP contribution in [0.4, 0.5) is 5.69 Å². The Morgan fingerprint density at radius 3 is 2.12 bits per heavy atom. The molecule has 3 aromatic carbocycles. The maximum Gasteiger partial charge on any atom is 0.255 e. The lowest BCUT2D eigenvalue weighted by atomic mass is 9.87. The number of anilines is 1. The Balaban J connectivity index is 1.79. The van der Waals surface area contributed by atoms with Crippen molar-refractivity contribution in [2.45, 2.75) is 39.7 Å². The summed E-state index contributed by atoms with van der Waals surface area (Å²) in [6.45, 7) is 9.23. The number of hydrogen-bond donors (Lipinski definition) is 1. The summed E-state index contributed by atoms with van der Waals surface area (Å²) in [5.41, 5.74) is 3.11. The molecule has 0 spiro atoms. The van der Waals surface area contributed by atoms with Gasteiger partial charge in [-0.1, -0.05) is 32.9 Å². The van der Waals surface area contributed by atoms with Crippen molar-refractivity contribution in [1.29, 1.82) is 0 Å². The van der Waals surface area contributed by atoms with E-state index in [1.54, 1.807) is 50.6 Å². The molecule has 0 aliphatic carbocycles. The van der Waals surface area contributed by atoms with Crippen molar-refractivity contribution in [1.82, 2.24) is 0 Å². The van der Waals surface area contributed by atoms with Crippen molar-refractivity contribution in [3.8, 4) is 23.0 Å². The van der Waals surface area contributed by atoms with Gasteiger partial charge in [0, 0.05) is 17.2 Å². The second kappa shape index (κ2) is 11.0. The lowest BCUT2D eigenvalue weighted by molar-refractivity contribution is 0.102. The highest BCUT2D eigenvalue weighted by atomic mass is 16.5. The van der Waals surface area contributed by atoms with Gasteiger partial charge in [-0.3, -0.25) is 4.79 Å². The Labute approximate surface area is 201 Å². The van der Waals surface area contributed by atoms with Gasteiger partial charge < -0.3 is 24.3 Å². The molecule has 0 aliphatic rings. The number of carbonyl (C=O) groups excluding carboxylic acids is 1. The first-order valence-corrected chi connectivity index (χ1v) is 11.3. The Hall–Kier alpha value is -3.67. The fraction of sp³-hybridized carbons (Fsp3) is 0.321. The second-order valence-corrected chi connectivity index (χ2v) is 8.84. The normalized spacial score (nSPS) is 11.0. The summed E-state index contributed by atoms with van der Waals surface area (Å²) in [4.78, 5) is 13.0. The van der Waals surface area contributed by atoms with E-state index in [4.69, 9.17) is 18.9 Å². The van der Waals surface area contributed by atoms with Crippen molar-refractivity contribution in [2.75, 3.05) is 26.1 Å². The molecule has 34 heavy (non-hydrogen) atoms. The minimum atomic E-state index is -0.273. The van der Waals surface area contributed by atoms with Gasteiger partial charge in [-0.05, 0) is 60.4 Å². The molecule has 0 saturated carbocycles. The van der Waals surface area contributed by atoms with Gasteiger partial charge >= 0.3 is 0 Å². The zero-order chi connectivity index (χ0) is 24.7. The molecule has 0 unspecified atom stereocenters. The van der Waals surface area contributed by atoms with Gasteiger partial charge in [0.25, 0.3) is 5.91 Å². The molecule has 0 bridgehead atoms. The predicted octanol–water partition coefficient (Wildman–Crippen LogP) is 6.23. The number of benzene rings is 3. The molecule has 3 aromatic rings. The molecule has 0 radical (unpaired) electrons. The number of methoxy groups -OCH3 is 2. The van der Waals surface area contributed by atoms with Gasteiger partial charge in [-0.15, -0.1) is 0 Å². The van der Waals surface area contributed by atoms with Gasteiger partial charge in [0.05, 0.1) is 26.5 Å². The Bertz CT molecular complexity index is 1120. The van der Waals surface area contributed by atoms with Gasteiger partial charge in [0.2, 0.25) is 0 Å². The smallest absolute Gasteiger partial charge is 0.255 e. The Morgan fingerprint density at radius 1 is 0.824 bits per heavy atom. The van der Waals surface area contributed by atoms with Crippen LogP contribution in [0.2, 0.25) is 0 Å². The summed E-state index contributed by atoms with van der Waals surface area (Å²) in [5, 5.41) is 2.90. The topological polar surface area (TPSA) is 66.0 Å². The monoisotopic (exact) mass is 463 g/mol. The van der Waals surface area contributed by atoms with E-state index in [-0.39, 0.29) is 17.9 Å². The van der Waals surface area contributed by atoms with E-state index in [1.807, 2.05) is 19.1 Å². The van der Waals surface area contributed by atoms with Crippen LogP contribution in [0.25, 0.3) is 0 Å². The van der Waals surface area contributed by atoms with E-state index in [0.29, 0.717) is 35.1 Å². The minimum Gasteiger partial charge on any atom is -0.497 e. The first-order chi connectivity index (χ1) is 16.2. The molecule has 3 rings (SSSR count). The highest BCUT2D eigenvalue weighted by Gasteiger charge is 2.15. The Kier molecular flexibility index (Phi) is 8.05. The number of hydrogen-bond acceptors (Lipinski definition) is 5. The molecule has 0 aromatic heterocycles. The molecule has 6 heteroatoms. The summed E-state index contributed by atoms with van der Waals surface area (Å²) >= 11 is 0. The van der Waals surface area contributed by atoms with Crippen LogP contribution < -0.4 is 24.3 Å².